The molecular formula is C16H25NO3. The molecule has 1 aromatic carbocycles. The molecule has 0 heterocycles. The zero-order valence-corrected chi connectivity index (χ0v) is 12.2. The summed E-state index contributed by atoms with van der Waals surface area (Å²) in [6, 6.07) is 7.93. The van der Waals surface area contributed by atoms with Crippen LogP contribution in [0.25, 0.3) is 0 Å². The monoisotopic (exact) mass is 279 g/mol. The zero-order valence-electron chi connectivity index (χ0n) is 12.2. The molecule has 0 saturated heterocycles. The standard InChI is InChI=1S/C16H25NO3/c1-20-10-9-17(14-5-7-15(18)8-6-14)12-13-3-2-4-16(19)11-13/h2-4,11,14-15,18-19H,5-10,12H2,1H3. The van der Waals surface area contributed by atoms with Crippen LogP contribution in [0.2, 0.25) is 0 Å². The lowest BCUT2D eigenvalue weighted by molar-refractivity contribution is 0.0547. The van der Waals surface area contributed by atoms with Crippen LogP contribution in [0.5, 0.6) is 5.75 Å². The predicted octanol–water partition coefficient (Wildman–Crippen LogP) is 2.14. The third kappa shape index (κ3) is 4.47. The number of rotatable bonds is 6. The topological polar surface area (TPSA) is 52.9 Å². The van der Waals surface area contributed by atoms with Crippen LogP contribution in [0, 0.1) is 0 Å². The van der Waals surface area contributed by atoms with Gasteiger partial charge in [-0.1, -0.05) is 12.1 Å². The fourth-order valence-electron chi connectivity index (χ4n) is 2.91. The van der Waals surface area contributed by atoms with Gasteiger partial charge in [0, 0.05) is 26.2 Å². The summed E-state index contributed by atoms with van der Waals surface area (Å²) in [6.45, 7) is 2.41. The molecule has 0 aromatic heterocycles. The van der Waals surface area contributed by atoms with E-state index in [9.17, 15) is 10.2 Å². The smallest absolute Gasteiger partial charge is 0.115 e. The molecule has 4 heteroatoms. The first-order chi connectivity index (χ1) is 9.69. The van der Waals surface area contributed by atoms with Crippen LogP contribution in [0.4, 0.5) is 0 Å². The SMILES string of the molecule is COCCN(Cc1cccc(O)c1)C1CCC(O)CC1. The van der Waals surface area contributed by atoms with E-state index in [2.05, 4.69) is 4.90 Å². The molecule has 0 spiro atoms. The second-order valence-corrected chi connectivity index (χ2v) is 5.60. The van der Waals surface area contributed by atoms with Gasteiger partial charge in [-0.05, 0) is 43.4 Å². The maximum absolute atomic E-state index is 9.63. The Balaban J connectivity index is 1.99. The van der Waals surface area contributed by atoms with Gasteiger partial charge in [-0.25, -0.2) is 0 Å². The van der Waals surface area contributed by atoms with E-state index in [1.54, 1.807) is 13.2 Å². The minimum atomic E-state index is -0.128. The Bertz CT molecular complexity index is 402. The van der Waals surface area contributed by atoms with Crippen molar-refractivity contribution in [2.24, 2.45) is 0 Å². The van der Waals surface area contributed by atoms with Crippen LogP contribution in [0.1, 0.15) is 31.2 Å². The van der Waals surface area contributed by atoms with E-state index in [0.29, 0.717) is 18.4 Å². The minimum Gasteiger partial charge on any atom is -0.508 e. The summed E-state index contributed by atoms with van der Waals surface area (Å²) in [4.78, 5) is 2.41. The number of hydrogen-bond acceptors (Lipinski definition) is 4. The van der Waals surface area contributed by atoms with E-state index in [1.807, 2.05) is 18.2 Å². The van der Waals surface area contributed by atoms with Crippen molar-refractivity contribution in [3.63, 3.8) is 0 Å². The maximum Gasteiger partial charge on any atom is 0.115 e. The molecule has 1 aliphatic carbocycles. The second-order valence-electron chi connectivity index (χ2n) is 5.60. The quantitative estimate of drug-likeness (QED) is 0.838. The Morgan fingerprint density at radius 1 is 1.25 bits per heavy atom. The molecule has 0 aliphatic heterocycles. The average molecular weight is 279 g/mol. The van der Waals surface area contributed by atoms with E-state index in [0.717, 1.165) is 44.3 Å². The highest BCUT2D eigenvalue weighted by Gasteiger charge is 2.24. The lowest BCUT2D eigenvalue weighted by Crippen LogP contribution is -2.40. The van der Waals surface area contributed by atoms with Crippen LogP contribution in [0.15, 0.2) is 24.3 Å². The molecule has 1 saturated carbocycles. The number of phenolic OH excluding ortho intramolecular Hbond substituents is 1. The van der Waals surface area contributed by atoms with Crippen molar-refractivity contribution in [2.45, 2.75) is 44.4 Å². The zero-order chi connectivity index (χ0) is 14.4. The summed E-state index contributed by atoms with van der Waals surface area (Å²) < 4.78 is 5.21. The summed E-state index contributed by atoms with van der Waals surface area (Å²) in [5.74, 6) is 0.313. The lowest BCUT2D eigenvalue weighted by atomic mass is 9.91. The van der Waals surface area contributed by atoms with Crippen molar-refractivity contribution >= 4 is 0 Å². The van der Waals surface area contributed by atoms with Crippen LogP contribution < -0.4 is 0 Å². The molecule has 2 rings (SSSR count). The van der Waals surface area contributed by atoms with Gasteiger partial charge in [-0.3, -0.25) is 4.90 Å². The number of aromatic hydroxyl groups is 1. The minimum absolute atomic E-state index is 0.128. The van der Waals surface area contributed by atoms with E-state index >= 15 is 0 Å². The van der Waals surface area contributed by atoms with Crippen molar-refractivity contribution in [3.8, 4) is 5.75 Å². The lowest BCUT2D eigenvalue weighted by Gasteiger charge is -2.35. The van der Waals surface area contributed by atoms with Crippen molar-refractivity contribution in [2.75, 3.05) is 20.3 Å². The fraction of sp³-hybridized carbons (Fsp3) is 0.625. The normalized spacial score (nSPS) is 23.1. The summed E-state index contributed by atoms with van der Waals surface area (Å²) in [5.41, 5.74) is 1.12. The summed E-state index contributed by atoms with van der Waals surface area (Å²) in [7, 11) is 1.72. The number of nitrogens with zero attached hydrogens (tertiary/aromatic N) is 1. The van der Waals surface area contributed by atoms with Gasteiger partial charge >= 0.3 is 0 Å². The third-order valence-electron chi connectivity index (χ3n) is 4.06. The third-order valence-corrected chi connectivity index (χ3v) is 4.06. The number of phenols is 1. The first-order valence-electron chi connectivity index (χ1n) is 7.38. The van der Waals surface area contributed by atoms with Crippen molar-refractivity contribution in [1.29, 1.82) is 0 Å². The molecule has 2 N–H and O–H groups in total. The molecule has 0 bridgehead atoms. The average Bonchev–Trinajstić information content (AvgIpc) is 2.44. The number of methoxy groups -OCH3 is 1. The van der Waals surface area contributed by atoms with Gasteiger partial charge in [-0.15, -0.1) is 0 Å². The molecule has 0 atom stereocenters. The van der Waals surface area contributed by atoms with E-state index < -0.39 is 0 Å². The van der Waals surface area contributed by atoms with Gasteiger partial charge < -0.3 is 14.9 Å². The highest BCUT2D eigenvalue weighted by Crippen LogP contribution is 2.25. The molecule has 4 nitrogen and oxygen atoms in total. The Morgan fingerprint density at radius 3 is 2.65 bits per heavy atom. The summed E-state index contributed by atoms with van der Waals surface area (Å²) in [6.07, 6.45) is 3.70. The Labute approximate surface area is 121 Å². The molecule has 112 valence electrons. The summed E-state index contributed by atoms with van der Waals surface area (Å²) >= 11 is 0. The molecule has 20 heavy (non-hydrogen) atoms. The van der Waals surface area contributed by atoms with E-state index in [4.69, 9.17) is 4.74 Å². The number of benzene rings is 1. The van der Waals surface area contributed by atoms with Crippen molar-refractivity contribution < 1.29 is 14.9 Å². The number of aliphatic hydroxyl groups is 1. The summed E-state index contributed by atoms with van der Waals surface area (Å²) in [5, 5.41) is 19.2. The molecule has 1 aliphatic rings. The van der Waals surface area contributed by atoms with Gasteiger partial charge in [0.1, 0.15) is 5.75 Å². The van der Waals surface area contributed by atoms with Crippen LogP contribution >= 0.6 is 0 Å². The van der Waals surface area contributed by atoms with Crippen molar-refractivity contribution in [3.05, 3.63) is 29.8 Å². The number of hydrogen-bond donors (Lipinski definition) is 2. The molecule has 0 amide bonds. The number of aliphatic hydroxyl groups excluding tert-OH is 1. The Kier molecular flexibility index (Phi) is 5.83. The van der Waals surface area contributed by atoms with Gasteiger partial charge in [0.15, 0.2) is 0 Å². The fourth-order valence-corrected chi connectivity index (χ4v) is 2.91. The van der Waals surface area contributed by atoms with Gasteiger partial charge in [0.25, 0.3) is 0 Å². The first-order valence-corrected chi connectivity index (χ1v) is 7.38. The van der Waals surface area contributed by atoms with E-state index in [1.165, 1.54) is 0 Å². The second kappa shape index (κ2) is 7.62. The van der Waals surface area contributed by atoms with E-state index in [-0.39, 0.29) is 6.10 Å². The van der Waals surface area contributed by atoms with Gasteiger partial charge in [0.05, 0.1) is 12.7 Å². The van der Waals surface area contributed by atoms with Crippen LogP contribution in [0.3, 0.4) is 0 Å². The highest BCUT2D eigenvalue weighted by atomic mass is 16.5. The number of ether oxygens (including phenoxy) is 1. The molecular weight excluding hydrogens is 254 g/mol. The largest absolute Gasteiger partial charge is 0.508 e. The maximum atomic E-state index is 9.63. The Morgan fingerprint density at radius 2 is 2.00 bits per heavy atom. The highest BCUT2D eigenvalue weighted by molar-refractivity contribution is 5.27. The molecule has 0 radical (unpaired) electrons. The van der Waals surface area contributed by atoms with Crippen LogP contribution in [-0.2, 0) is 11.3 Å². The van der Waals surface area contributed by atoms with Gasteiger partial charge in [0.2, 0.25) is 0 Å². The molecule has 1 aromatic rings. The molecule has 0 unspecified atom stereocenters. The van der Waals surface area contributed by atoms with Gasteiger partial charge in [-0.2, -0.15) is 0 Å². The predicted molar refractivity (Wildman–Crippen MR) is 78.7 cm³/mol. The van der Waals surface area contributed by atoms with Crippen molar-refractivity contribution in [1.82, 2.24) is 4.90 Å². The van der Waals surface area contributed by atoms with Crippen LogP contribution in [-0.4, -0.2) is 47.5 Å². The first kappa shape index (κ1) is 15.3. The Hall–Kier alpha value is -1.10. The molecule has 1 fully saturated rings.